The minimum absolute atomic E-state index is 0.0469. The minimum Gasteiger partial charge on any atom is -0.323 e. The molecule has 0 aliphatic carbocycles. The Hall–Kier alpha value is -1.15. The molecule has 17 heavy (non-hydrogen) atoms. The maximum absolute atomic E-state index is 13.1. The molecule has 0 radical (unpaired) electrons. The van der Waals surface area contributed by atoms with E-state index in [1.54, 1.807) is 0 Å². The maximum Gasteiger partial charge on any atom is 0.237 e. The number of carbonyl (C=O) groups excluding carboxylic acids is 1. The van der Waals surface area contributed by atoms with E-state index in [0.717, 1.165) is 6.42 Å². The molecule has 5 heteroatoms. The lowest BCUT2D eigenvalue weighted by Gasteiger charge is -2.26. The number of nitrogens with zero attached hydrogens (tertiary/aromatic N) is 2. The molecular formula is C12H20FN3O. The Morgan fingerprint density at radius 3 is 2.82 bits per heavy atom. The molecule has 0 aromatic rings. The summed E-state index contributed by atoms with van der Waals surface area (Å²) in [6, 6.07) is 1.37. The molecular weight excluding hydrogens is 221 g/mol. The number of nitrogens with one attached hydrogen (secondary N) is 1. The molecule has 0 saturated carbocycles. The van der Waals surface area contributed by atoms with Gasteiger partial charge in [-0.2, -0.15) is 5.26 Å². The Kier molecular flexibility index (Phi) is 4.47. The predicted molar refractivity (Wildman–Crippen MR) is 63.0 cm³/mol. The summed E-state index contributed by atoms with van der Waals surface area (Å²) in [5.74, 6) is -0.196. The number of halogens is 1. The molecule has 96 valence electrons. The normalized spacial score (nSPS) is 24.8. The van der Waals surface area contributed by atoms with Gasteiger partial charge in [-0.25, -0.2) is 4.39 Å². The van der Waals surface area contributed by atoms with Crippen molar-refractivity contribution in [3.8, 4) is 6.07 Å². The third-order valence-corrected chi connectivity index (χ3v) is 3.32. The van der Waals surface area contributed by atoms with Gasteiger partial charge < -0.3 is 10.2 Å². The smallest absolute Gasteiger partial charge is 0.237 e. The summed E-state index contributed by atoms with van der Waals surface area (Å²) in [5, 5.41) is 12.0. The van der Waals surface area contributed by atoms with E-state index in [9.17, 15) is 9.18 Å². The Balaban J connectivity index is 2.51. The van der Waals surface area contributed by atoms with Crippen molar-refractivity contribution in [1.82, 2.24) is 10.2 Å². The van der Waals surface area contributed by atoms with Crippen molar-refractivity contribution in [2.75, 3.05) is 13.1 Å². The van der Waals surface area contributed by atoms with E-state index in [4.69, 9.17) is 5.26 Å². The van der Waals surface area contributed by atoms with Gasteiger partial charge in [-0.1, -0.05) is 6.92 Å². The van der Waals surface area contributed by atoms with E-state index in [1.807, 2.05) is 26.8 Å². The SMILES string of the molecule is CCC(C)(C)NCC(=O)N1C[C@@H](F)CC1C#N. The summed E-state index contributed by atoms with van der Waals surface area (Å²) in [7, 11) is 0. The van der Waals surface area contributed by atoms with Crippen LogP contribution in [0.4, 0.5) is 4.39 Å². The largest absolute Gasteiger partial charge is 0.323 e. The van der Waals surface area contributed by atoms with Crippen molar-refractivity contribution in [2.45, 2.75) is 51.4 Å². The molecule has 1 N–H and O–H groups in total. The fourth-order valence-corrected chi connectivity index (χ4v) is 1.72. The van der Waals surface area contributed by atoms with Crippen LogP contribution in [0, 0.1) is 11.3 Å². The van der Waals surface area contributed by atoms with Crippen molar-refractivity contribution >= 4 is 5.91 Å². The highest BCUT2D eigenvalue weighted by molar-refractivity contribution is 5.79. The summed E-state index contributed by atoms with van der Waals surface area (Å²) in [5.41, 5.74) is -0.118. The molecule has 1 heterocycles. The zero-order valence-corrected chi connectivity index (χ0v) is 10.7. The highest BCUT2D eigenvalue weighted by atomic mass is 19.1. The van der Waals surface area contributed by atoms with Crippen LogP contribution in [-0.2, 0) is 4.79 Å². The molecule has 0 aromatic heterocycles. The molecule has 1 aliphatic heterocycles. The molecule has 4 nitrogen and oxygen atoms in total. The second kappa shape index (κ2) is 5.46. The number of carbonyl (C=O) groups is 1. The quantitative estimate of drug-likeness (QED) is 0.805. The van der Waals surface area contributed by atoms with Crippen molar-refractivity contribution < 1.29 is 9.18 Å². The maximum atomic E-state index is 13.1. The number of hydrogen-bond acceptors (Lipinski definition) is 3. The van der Waals surface area contributed by atoms with Crippen LogP contribution in [0.25, 0.3) is 0 Å². The molecule has 0 aromatic carbocycles. The average molecular weight is 241 g/mol. The van der Waals surface area contributed by atoms with Gasteiger partial charge in [0, 0.05) is 12.0 Å². The lowest BCUT2D eigenvalue weighted by molar-refractivity contribution is -0.130. The van der Waals surface area contributed by atoms with Crippen LogP contribution in [-0.4, -0.2) is 41.6 Å². The van der Waals surface area contributed by atoms with Crippen molar-refractivity contribution in [1.29, 1.82) is 5.26 Å². The molecule has 1 fully saturated rings. The van der Waals surface area contributed by atoms with E-state index in [1.165, 1.54) is 4.90 Å². The Morgan fingerprint density at radius 2 is 2.29 bits per heavy atom. The van der Waals surface area contributed by atoms with E-state index in [0.29, 0.717) is 0 Å². The number of likely N-dealkylation sites (tertiary alicyclic amines) is 1. The van der Waals surface area contributed by atoms with Crippen LogP contribution in [0.15, 0.2) is 0 Å². The molecule has 0 bridgehead atoms. The predicted octanol–water partition coefficient (Wildman–Crippen LogP) is 1.23. The van der Waals surface area contributed by atoms with E-state index >= 15 is 0 Å². The molecule has 1 rings (SSSR count). The van der Waals surface area contributed by atoms with Crippen molar-refractivity contribution in [2.24, 2.45) is 0 Å². The van der Waals surface area contributed by atoms with Gasteiger partial charge in [-0.05, 0) is 20.3 Å². The average Bonchev–Trinajstić information content (AvgIpc) is 2.67. The van der Waals surface area contributed by atoms with Gasteiger partial charge in [0.1, 0.15) is 12.2 Å². The number of hydrogen-bond donors (Lipinski definition) is 1. The molecule has 1 unspecified atom stereocenters. The number of amides is 1. The van der Waals surface area contributed by atoms with Crippen molar-refractivity contribution in [3.05, 3.63) is 0 Å². The summed E-state index contributed by atoms with van der Waals surface area (Å²) < 4.78 is 13.1. The number of alkyl halides is 1. The van der Waals surface area contributed by atoms with Gasteiger partial charge in [0.05, 0.1) is 19.2 Å². The summed E-state index contributed by atoms with van der Waals surface area (Å²) in [6.45, 7) is 6.24. The zero-order chi connectivity index (χ0) is 13.1. The lowest BCUT2D eigenvalue weighted by Crippen LogP contribution is -2.47. The second-order valence-electron chi connectivity index (χ2n) is 5.11. The first-order valence-corrected chi connectivity index (χ1v) is 5.98. The topological polar surface area (TPSA) is 56.1 Å². The van der Waals surface area contributed by atoms with Gasteiger partial charge >= 0.3 is 0 Å². The lowest BCUT2D eigenvalue weighted by atomic mass is 10.0. The zero-order valence-electron chi connectivity index (χ0n) is 10.7. The van der Waals surface area contributed by atoms with Crippen molar-refractivity contribution in [3.63, 3.8) is 0 Å². The van der Waals surface area contributed by atoms with Gasteiger partial charge in [-0.3, -0.25) is 4.79 Å². The van der Waals surface area contributed by atoms with Crippen LogP contribution in [0.3, 0.4) is 0 Å². The molecule has 1 amide bonds. The Morgan fingerprint density at radius 1 is 1.65 bits per heavy atom. The molecule has 0 spiro atoms. The van der Waals surface area contributed by atoms with Gasteiger partial charge in [0.2, 0.25) is 5.91 Å². The summed E-state index contributed by atoms with van der Waals surface area (Å²) >= 11 is 0. The van der Waals surface area contributed by atoms with Gasteiger partial charge in [0.15, 0.2) is 0 Å². The first-order valence-electron chi connectivity index (χ1n) is 5.98. The minimum atomic E-state index is -1.07. The summed E-state index contributed by atoms with van der Waals surface area (Å²) in [4.78, 5) is 13.2. The van der Waals surface area contributed by atoms with Crippen LogP contribution in [0.2, 0.25) is 0 Å². The number of rotatable bonds is 4. The van der Waals surface area contributed by atoms with Crippen LogP contribution in [0.1, 0.15) is 33.6 Å². The van der Waals surface area contributed by atoms with E-state index < -0.39 is 12.2 Å². The van der Waals surface area contributed by atoms with Crippen LogP contribution >= 0.6 is 0 Å². The Labute approximate surface area is 102 Å². The standard InChI is InChI=1S/C12H20FN3O/c1-4-12(2,3)15-7-11(17)16-8-9(13)5-10(16)6-14/h9-10,15H,4-5,7-8H2,1-3H3/t9-,10?/m0/s1. The van der Waals surface area contributed by atoms with Crippen LogP contribution < -0.4 is 5.32 Å². The first-order chi connectivity index (χ1) is 7.89. The van der Waals surface area contributed by atoms with Gasteiger partial charge in [-0.15, -0.1) is 0 Å². The molecule has 1 saturated heterocycles. The van der Waals surface area contributed by atoms with E-state index in [-0.39, 0.29) is 31.0 Å². The van der Waals surface area contributed by atoms with E-state index in [2.05, 4.69) is 5.32 Å². The highest BCUT2D eigenvalue weighted by Gasteiger charge is 2.35. The third kappa shape index (κ3) is 3.67. The van der Waals surface area contributed by atoms with Crippen LogP contribution in [0.5, 0.6) is 0 Å². The highest BCUT2D eigenvalue weighted by Crippen LogP contribution is 2.19. The fourth-order valence-electron chi connectivity index (χ4n) is 1.72. The van der Waals surface area contributed by atoms with Gasteiger partial charge in [0.25, 0.3) is 0 Å². The third-order valence-electron chi connectivity index (χ3n) is 3.32. The monoisotopic (exact) mass is 241 g/mol. The summed E-state index contributed by atoms with van der Waals surface area (Å²) in [6.07, 6.45) is -0.0320. The number of nitriles is 1. The fraction of sp³-hybridized carbons (Fsp3) is 0.833. The molecule has 1 aliphatic rings. The molecule has 2 atom stereocenters. The first kappa shape index (κ1) is 13.9. The Bertz CT molecular complexity index is 324. The second-order valence-corrected chi connectivity index (χ2v) is 5.11.